The third-order valence-corrected chi connectivity index (χ3v) is 6.13. The van der Waals surface area contributed by atoms with E-state index in [2.05, 4.69) is 4.74 Å². The molecule has 1 aliphatic rings. The van der Waals surface area contributed by atoms with Crippen molar-refractivity contribution in [1.29, 1.82) is 0 Å². The molecule has 3 aromatic carbocycles. The summed E-state index contributed by atoms with van der Waals surface area (Å²) >= 11 is 0. The highest BCUT2D eigenvalue weighted by atomic mass is 19.4. The predicted molar refractivity (Wildman–Crippen MR) is 132 cm³/mol. The van der Waals surface area contributed by atoms with Gasteiger partial charge in [0.15, 0.2) is 0 Å². The summed E-state index contributed by atoms with van der Waals surface area (Å²) in [6.45, 7) is 4.17. The highest BCUT2D eigenvalue weighted by Gasteiger charge is 2.33. The molecular formula is C28H28F5NO4. The van der Waals surface area contributed by atoms with E-state index in [1.54, 1.807) is 37.3 Å². The number of benzene rings is 3. The first kappa shape index (κ1) is 28.7. The van der Waals surface area contributed by atoms with Crippen molar-refractivity contribution in [2.45, 2.75) is 39.1 Å². The van der Waals surface area contributed by atoms with Gasteiger partial charge in [0.1, 0.15) is 28.9 Å². The van der Waals surface area contributed by atoms with E-state index in [4.69, 9.17) is 9.47 Å². The summed E-state index contributed by atoms with van der Waals surface area (Å²) in [6, 6.07) is 12.3. The van der Waals surface area contributed by atoms with E-state index >= 15 is 0 Å². The highest BCUT2D eigenvalue weighted by molar-refractivity contribution is 5.95. The van der Waals surface area contributed by atoms with E-state index in [1.807, 2.05) is 19.9 Å². The topological polar surface area (TPSA) is 48.0 Å². The van der Waals surface area contributed by atoms with Crippen LogP contribution in [0.5, 0.6) is 17.2 Å². The average molecular weight is 538 g/mol. The molecule has 5 nitrogen and oxygen atoms in total. The first-order chi connectivity index (χ1) is 18.0. The van der Waals surface area contributed by atoms with E-state index in [-0.39, 0.29) is 17.4 Å². The molecule has 0 bridgehead atoms. The van der Waals surface area contributed by atoms with Gasteiger partial charge in [0.05, 0.1) is 25.8 Å². The quantitative estimate of drug-likeness (QED) is 0.333. The predicted octanol–water partition coefficient (Wildman–Crippen LogP) is 6.89. The minimum Gasteiger partial charge on any atom is -0.497 e. The molecule has 38 heavy (non-hydrogen) atoms. The second kappa shape index (κ2) is 12.1. The molecule has 0 N–H and O–H groups in total. The van der Waals surface area contributed by atoms with Gasteiger partial charge in [-0.25, -0.2) is 8.78 Å². The lowest BCUT2D eigenvalue weighted by molar-refractivity contribution is -0.274. The van der Waals surface area contributed by atoms with Crippen LogP contribution in [0, 0.1) is 11.6 Å². The second-order valence-corrected chi connectivity index (χ2v) is 8.50. The van der Waals surface area contributed by atoms with Gasteiger partial charge in [0.25, 0.3) is 5.91 Å². The number of halogens is 5. The number of carbonyl (C=O) groups is 1. The molecule has 1 unspecified atom stereocenters. The molecule has 1 amide bonds. The first-order valence-electron chi connectivity index (χ1n) is 11.8. The fourth-order valence-electron chi connectivity index (χ4n) is 4.27. The van der Waals surface area contributed by atoms with E-state index in [0.29, 0.717) is 30.9 Å². The zero-order valence-electron chi connectivity index (χ0n) is 21.4. The second-order valence-electron chi connectivity index (χ2n) is 8.50. The summed E-state index contributed by atoms with van der Waals surface area (Å²) in [5.74, 6) is -0.879. The summed E-state index contributed by atoms with van der Waals surface area (Å²) in [5.41, 5.74) is 2.60. The molecule has 0 spiro atoms. The van der Waals surface area contributed by atoms with Crippen molar-refractivity contribution in [3.05, 3.63) is 88.5 Å². The number of rotatable bonds is 5. The summed E-state index contributed by atoms with van der Waals surface area (Å²) in [5, 5.41) is 0. The Morgan fingerprint density at radius 2 is 1.74 bits per heavy atom. The molecule has 4 rings (SSSR count). The molecule has 0 saturated carbocycles. The monoisotopic (exact) mass is 537 g/mol. The Bertz CT molecular complexity index is 1260. The van der Waals surface area contributed by atoms with Crippen LogP contribution in [0.4, 0.5) is 22.0 Å². The minimum absolute atomic E-state index is 0.135. The molecular weight excluding hydrogens is 509 g/mol. The number of fused-ring (bicyclic) bond motifs is 1. The van der Waals surface area contributed by atoms with Crippen molar-refractivity contribution < 1.29 is 41.0 Å². The Morgan fingerprint density at radius 3 is 2.34 bits per heavy atom. The van der Waals surface area contributed by atoms with Gasteiger partial charge in [-0.3, -0.25) is 4.79 Å². The minimum atomic E-state index is -4.60. The molecule has 0 aromatic heterocycles. The number of alkyl halides is 3. The van der Waals surface area contributed by atoms with Crippen LogP contribution in [0.15, 0.2) is 54.6 Å². The largest absolute Gasteiger partial charge is 0.573 e. The van der Waals surface area contributed by atoms with Crippen molar-refractivity contribution >= 4 is 5.91 Å². The smallest absolute Gasteiger partial charge is 0.497 e. The van der Waals surface area contributed by atoms with Crippen LogP contribution < -0.4 is 14.2 Å². The number of aryl methyl sites for hydroxylation is 1. The van der Waals surface area contributed by atoms with Crippen LogP contribution in [-0.4, -0.2) is 37.9 Å². The maximum absolute atomic E-state index is 14.0. The summed E-state index contributed by atoms with van der Waals surface area (Å²) in [7, 11) is 3.14. The summed E-state index contributed by atoms with van der Waals surface area (Å²) in [6.07, 6.45) is -3.32. The number of nitrogens with zero attached hydrogens (tertiary/aromatic N) is 1. The Morgan fingerprint density at radius 1 is 1.00 bits per heavy atom. The van der Waals surface area contributed by atoms with Crippen LogP contribution in [0.1, 0.15) is 46.9 Å². The first-order valence-corrected chi connectivity index (χ1v) is 11.8. The number of hydrogen-bond donors (Lipinski definition) is 0. The van der Waals surface area contributed by atoms with Crippen LogP contribution >= 0.6 is 0 Å². The molecule has 0 aliphatic carbocycles. The number of ether oxygens (including phenoxy) is 3. The van der Waals surface area contributed by atoms with E-state index in [0.717, 1.165) is 28.8 Å². The van der Waals surface area contributed by atoms with Crippen molar-refractivity contribution in [1.82, 2.24) is 4.90 Å². The van der Waals surface area contributed by atoms with Crippen molar-refractivity contribution in [2.24, 2.45) is 0 Å². The lowest BCUT2D eigenvalue weighted by Crippen LogP contribution is -2.39. The van der Waals surface area contributed by atoms with Crippen LogP contribution in [0.2, 0.25) is 0 Å². The van der Waals surface area contributed by atoms with Crippen molar-refractivity contribution in [3.63, 3.8) is 0 Å². The van der Waals surface area contributed by atoms with E-state index in [1.165, 1.54) is 18.2 Å². The van der Waals surface area contributed by atoms with Gasteiger partial charge >= 0.3 is 6.36 Å². The number of methoxy groups -OCH3 is 2. The van der Waals surface area contributed by atoms with Crippen LogP contribution in [-0.2, 0) is 12.8 Å². The van der Waals surface area contributed by atoms with Gasteiger partial charge < -0.3 is 19.1 Å². The fraction of sp³-hybridized carbons (Fsp3) is 0.321. The molecule has 204 valence electrons. The number of carbonyl (C=O) groups excluding carboxylic acids is 1. The molecule has 10 heteroatoms. The van der Waals surface area contributed by atoms with Crippen LogP contribution in [0.3, 0.4) is 0 Å². The van der Waals surface area contributed by atoms with Gasteiger partial charge in [0.2, 0.25) is 0 Å². The fourth-order valence-corrected chi connectivity index (χ4v) is 4.27. The van der Waals surface area contributed by atoms with Gasteiger partial charge in [-0.15, -0.1) is 13.2 Å². The SMILES string of the molecule is CCc1cccc(OC(F)(F)F)c1.COc1cc2c(c(OC)c1)C(C)N(C(=O)c1ccc(F)cc1F)CC2. The standard InChI is InChI=1S/C19H19F2NO3.C9H9F3O/c1-11-18-12(8-14(24-2)10-17(18)25-3)6-7-22(11)19(23)15-5-4-13(20)9-16(15)21;1-2-7-4-3-5-8(6-7)13-9(10,11)12/h4-5,8-11H,6-7H2,1-3H3;3-6H,2H2,1H3. The zero-order chi connectivity index (χ0) is 28.0. The van der Waals surface area contributed by atoms with Crippen molar-refractivity contribution in [2.75, 3.05) is 20.8 Å². The molecule has 0 saturated heterocycles. The molecule has 0 radical (unpaired) electrons. The third-order valence-electron chi connectivity index (χ3n) is 6.13. The van der Waals surface area contributed by atoms with E-state index < -0.39 is 23.9 Å². The Labute approximate surface area is 217 Å². The van der Waals surface area contributed by atoms with Gasteiger partial charge in [-0.05, 0) is 61.2 Å². The molecule has 1 aliphatic heterocycles. The Hall–Kier alpha value is -3.82. The molecule has 1 heterocycles. The number of hydrogen-bond acceptors (Lipinski definition) is 4. The Balaban J connectivity index is 0.000000260. The number of amides is 1. The normalized spacial score (nSPS) is 14.7. The van der Waals surface area contributed by atoms with Crippen molar-refractivity contribution in [3.8, 4) is 17.2 Å². The Kier molecular flexibility index (Phi) is 9.19. The summed E-state index contributed by atoms with van der Waals surface area (Å²) < 4.78 is 76.8. The zero-order valence-corrected chi connectivity index (χ0v) is 21.4. The maximum atomic E-state index is 14.0. The van der Waals surface area contributed by atoms with Gasteiger partial charge in [-0.1, -0.05) is 19.1 Å². The highest BCUT2D eigenvalue weighted by Crippen LogP contribution is 2.39. The lowest BCUT2D eigenvalue weighted by atomic mass is 9.91. The molecule has 3 aromatic rings. The summed E-state index contributed by atoms with van der Waals surface area (Å²) in [4.78, 5) is 14.3. The lowest BCUT2D eigenvalue weighted by Gasteiger charge is -2.36. The third kappa shape index (κ3) is 6.93. The van der Waals surface area contributed by atoms with Gasteiger partial charge in [-0.2, -0.15) is 0 Å². The molecule has 1 atom stereocenters. The average Bonchev–Trinajstić information content (AvgIpc) is 2.87. The van der Waals surface area contributed by atoms with Gasteiger partial charge in [0, 0.05) is 24.2 Å². The molecule has 0 fully saturated rings. The maximum Gasteiger partial charge on any atom is 0.573 e. The van der Waals surface area contributed by atoms with Crippen LogP contribution in [0.25, 0.3) is 0 Å². The van der Waals surface area contributed by atoms with E-state index in [9.17, 15) is 26.7 Å².